The summed E-state index contributed by atoms with van der Waals surface area (Å²) >= 11 is 0. The lowest BCUT2D eigenvalue weighted by molar-refractivity contribution is -0.137. The molecular weight excluding hydrogens is 321 g/mol. The van der Waals surface area contributed by atoms with Crippen LogP contribution in [0.25, 0.3) is 0 Å². The Morgan fingerprint density at radius 2 is 2.08 bits per heavy atom. The van der Waals surface area contributed by atoms with Gasteiger partial charge in [-0.1, -0.05) is 0 Å². The first-order valence-corrected chi connectivity index (χ1v) is 7.31. The molecule has 0 fully saturated rings. The minimum atomic E-state index is -4.39. The SMILES string of the molecule is COCCn1c(C)cc(/C=N\Nc2ccc(C(F)(F)F)cn2)c1C. The van der Waals surface area contributed by atoms with Crippen molar-refractivity contribution in [1.82, 2.24) is 9.55 Å². The zero-order valence-corrected chi connectivity index (χ0v) is 13.7. The summed E-state index contributed by atoms with van der Waals surface area (Å²) in [6, 6.07) is 4.18. The number of methoxy groups -OCH3 is 1. The van der Waals surface area contributed by atoms with Crippen molar-refractivity contribution in [3.8, 4) is 0 Å². The first-order chi connectivity index (χ1) is 11.3. The maximum absolute atomic E-state index is 12.5. The lowest BCUT2D eigenvalue weighted by atomic mass is 10.3. The molecule has 0 amide bonds. The minimum absolute atomic E-state index is 0.243. The van der Waals surface area contributed by atoms with Gasteiger partial charge in [-0.25, -0.2) is 4.98 Å². The van der Waals surface area contributed by atoms with Gasteiger partial charge in [0.15, 0.2) is 0 Å². The van der Waals surface area contributed by atoms with Crippen LogP contribution in [0.15, 0.2) is 29.5 Å². The Balaban J connectivity index is 2.04. The van der Waals surface area contributed by atoms with E-state index in [0.717, 1.165) is 35.8 Å². The van der Waals surface area contributed by atoms with Crippen molar-refractivity contribution in [3.05, 3.63) is 46.9 Å². The first-order valence-electron chi connectivity index (χ1n) is 7.31. The van der Waals surface area contributed by atoms with E-state index in [0.29, 0.717) is 6.61 Å². The molecule has 2 heterocycles. The Kier molecular flexibility index (Phi) is 5.61. The second-order valence-electron chi connectivity index (χ2n) is 5.27. The maximum Gasteiger partial charge on any atom is 0.417 e. The third-order valence-electron chi connectivity index (χ3n) is 3.61. The number of hydrogen-bond acceptors (Lipinski definition) is 4. The maximum atomic E-state index is 12.5. The van der Waals surface area contributed by atoms with E-state index >= 15 is 0 Å². The fraction of sp³-hybridized carbons (Fsp3) is 0.375. The van der Waals surface area contributed by atoms with Crippen LogP contribution in [0.2, 0.25) is 0 Å². The number of aromatic nitrogens is 2. The predicted molar refractivity (Wildman–Crippen MR) is 86.2 cm³/mol. The van der Waals surface area contributed by atoms with Crippen LogP contribution in [0.4, 0.5) is 19.0 Å². The highest BCUT2D eigenvalue weighted by Crippen LogP contribution is 2.28. The zero-order valence-electron chi connectivity index (χ0n) is 13.7. The van der Waals surface area contributed by atoms with Gasteiger partial charge in [0.25, 0.3) is 0 Å². The molecule has 0 radical (unpaired) electrons. The molecule has 2 rings (SSSR count). The fourth-order valence-electron chi connectivity index (χ4n) is 2.28. The molecule has 0 spiro atoms. The summed E-state index contributed by atoms with van der Waals surface area (Å²) in [6.07, 6.45) is -2.01. The number of aryl methyl sites for hydroxylation is 1. The number of pyridine rings is 1. The molecule has 2 aromatic heterocycles. The summed E-state index contributed by atoms with van der Waals surface area (Å²) in [5, 5.41) is 4.04. The van der Waals surface area contributed by atoms with Crippen LogP contribution in [-0.4, -0.2) is 29.5 Å². The van der Waals surface area contributed by atoms with Crippen molar-refractivity contribution in [1.29, 1.82) is 0 Å². The average Bonchev–Trinajstić information content (AvgIpc) is 2.79. The van der Waals surface area contributed by atoms with Crippen molar-refractivity contribution < 1.29 is 17.9 Å². The summed E-state index contributed by atoms with van der Waals surface area (Å²) in [6.45, 7) is 5.32. The van der Waals surface area contributed by atoms with Gasteiger partial charge in [0, 0.05) is 36.8 Å². The minimum Gasteiger partial charge on any atom is -0.383 e. The largest absolute Gasteiger partial charge is 0.417 e. The molecule has 5 nitrogen and oxygen atoms in total. The fourth-order valence-corrected chi connectivity index (χ4v) is 2.28. The molecule has 0 saturated carbocycles. The van der Waals surface area contributed by atoms with Gasteiger partial charge in [0.05, 0.1) is 18.4 Å². The van der Waals surface area contributed by atoms with E-state index in [2.05, 4.69) is 20.1 Å². The van der Waals surface area contributed by atoms with Crippen LogP contribution < -0.4 is 5.43 Å². The van der Waals surface area contributed by atoms with Gasteiger partial charge < -0.3 is 9.30 Å². The van der Waals surface area contributed by atoms with Crippen molar-refractivity contribution in [2.75, 3.05) is 19.1 Å². The number of hydrazone groups is 1. The predicted octanol–water partition coefficient (Wildman–Crippen LogP) is 3.61. The highest BCUT2D eigenvalue weighted by Gasteiger charge is 2.30. The smallest absolute Gasteiger partial charge is 0.383 e. The Hall–Kier alpha value is -2.35. The van der Waals surface area contributed by atoms with Crippen LogP contribution in [0.5, 0.6) is 0 Å². The highest BCUT2D eigenvalue weighted by molar-refractivity contribution is 5.82. The third kappa shape index (κ3) is 4.35. The van der Waals surface area contributed by atoms with E-state index in [4.69, 9.17) is 4.74 Å². The number of alkyl halides is 3. The van der Waals surface area contributed by atoms with Crippen molar-refractivity contribution >= 4 is 12.0 Å². The molecule has 8 heteroatoms. The average molecular weight is 340 g/mol. The molecule has 0 bridgehead atoms. The Labute approximate surface area is 138 Å². The molecule has 0 aliphatic rings. The Morgan fingerprint density at radius 1 is 1.33 bits per heavy atom. The summed E-state index contributed by atoms with van der Waals surface area (Å²) < 4.78 is 44.6. The normalized spacial score (nSPS) is 12.1. The van der Waals surface area contributed by atoms with E-state index in [1.165, 1.54) is 6.07 Å². The summed E-state index contributed by atoms with van der Waals surface area (Å²) in [5.41, 5.74) is 4.87. The quantitative estimate of drug-likeness (QED) is 0.646. The number of nitrogens with zero attached hydrogens (tertiary/aromatic N) is 3. The van der Waals surface area contributed by atoms with Crippen molar-refractivity contribution in [2.24, 2.45) is 5.10 Å². The Bertz CT molecular complexity index is 705. The van der Waals surface area contributed by atoms with E-state index in [-0.39, 0.29) is 5.82 Å². The number of ether oxygens (including phenoxy) is 1. The molecule has 0 aliphatic heterocycles. The highest BCUT2D eigenvalue weighted by atomic mass is 19.4. The molecule has 0 aromatic carbocycles. The van der Waals surface area contributed by atoms with Gasteiger partial charge in [-0.05, 0) is 32.0 Å². The zero-order chi connectivity index (χ0) is 17.7. The standard InChI is InChI=1S/C16H19F3N4O/c1-11-8-13(12(2)23(11)6-7-24-3)9-21-22-15-5-4-14(10-20-15)16(17,18)19/h4-5,8-10H,6-7H2,1-3H3,(H,20,22)/b21-9-. The van der Waals surface area contributed by atoms with E-state index in [9.17, 15) is 13.2 Å². The lowest BCUT2D eigenvalue weighted by Gasteiger charge is -2.08. The number of hydrogen-bond donors (Lipinski definition) is 1. The van der Waals surface area contributed by atoms with Gasteiger partial charge in [-0.15, -0.1) is 0 Å². The molecule has 0 saturated heterocycles. The second kappa shape index (κ2) is 7.48. The number of rotatable bonds is 6. The molecule has 0 atom stereocenters. The van der Waals surface area contributed by atoms with Crippen LogP contribution in [0, 0.1) is 13.8 Å². The van der Waals surface area contributed by atoms with E-state index in [1.807, 2.05) is 19.9 Å². The molecule has 24 heavy (non-hydrogen) atoms. The first kappa shape index (κ1) is 18.0. The molecular formula is C16H19F3N4O. The summed E-state index contributed by atoms with van der Waals surface area (Å²) in [4.78, 5) is 3.70. The van der Waals surface area contributed by atoms with Gasteiger partial charge >= 0.3 is 6.18 Å². The van der Waals surface area contributed by atoms with Crippen LogP contribution in [0.3, 0.4) is 0 Å². The monoisotopic (exact) mass is 340 g/mol. The van der Waals surface area contributed by atoms with Gasteiger partial charge in [-0.3, -0.25) is 5.43 Å². The topological polar surface area (TPSA) is 51.4 Å². The van der Waals surface area contributed by atoms with Crippen LogP contribution >= 0.6 is 0 Å². The van der Waals surface area contributed by atoms with E-state index < -0.39 is 11.7 Å². The number of anilines is 1. The van der Waals surface area contributed by atoms with Crippen molar-refractivity contribution in [3.63, 3.8) is 0 Å². The molecule has 130 valence electrons. The summed E-state index contributed by atoms with van der Waals surface area (Å²) in [7, 11) is 1.65. The van der Waals surface area contributed by atoms with Gasteiger partial charge in [0.2, 0.25) is 0 Å². The Morgan fingerprint density at radius 3 is 2.67 bits per heavy atom. The van der Waals surface area contributed by atoms with Gasteiger partial charge in [-0.2, -0.15) is 18.3 Å². The van der Waals surface area contributed by atoms with Crippen LogP contribution in [-0.2, 0) is 17.5 Å². The third-order valence-corrected chi connectivity index (χ3v) is 3.61. The lowest BCUT2D eigenvalue weighted by Crippen LogP contribution is -2.07. The molecule has 1 N–H and O–H groups in total. The molecule has 0 unspecified atom stereocenters. The van der Waals surface area contributed by atoms with Crippen LogP contribution in [0.1, 0.15) is 22.5 Å². The molecule has 0 aliphatic carbocycles. The summed E-state index contributed by atoms with van der Waals surface area (Å²) in [5.74, 6) is 0.243. The number of nitrogens with one attached hydrogen (secondary N) is 1. The van der Waals surface area contributed by atoms with E-state index in [1.54, 1.807) is 13.3 Å². The van der Waals surface area contributed by atoms with Crippen molar-refractivity contribution in [2.45, 2.75) is 26.6 Å². The molecule has 2 aromatic rings. The second-order valence-corrected chi connectivity index (χ2v) is 5.27. The van der Waals surface area contributed by atoms with Gasteiger partial charge in [0.1, 0.15) is 5.82 Å². The number of halogens is 3.